The minimum Gasteiger partial charge on any atom is -0.475 e. The van der Waals surface area contributed by atoms with Crippen LogP contribution in [0.2, 0.25) is 0 Å². The third kappa shape index (κ3) is 3.69. The van der Waals surface area contributed by atoms with Crippen molar-refractivity contribution in [3.8, 4) is 5.75 Å². The lowest BCUT2D eigenvalue weighted by Gasteiger charge is -2.36. The fourth-order valence-corrected chi connectivity index (χ4v) is 4.12. The number of hydrogen-bond donors (Lipinski definition) is 2. The summed E-state index contributed by atoms with van der Waals surface area (Å²) in [5.41, 5.74) is 1.66. The van der Waals surface area contributed by atoms with Crippen LogP contribution in [0.4, 0.5) is 15.8 Å². The van der Waals surface area contributed by atoms with E-state index in [4.69, 9.17) is 4.74 Å². The fourth-order valence-electron chi connectivity index (χ4n) is 4.12. The molecule has 1 aromatic carbocycles. The first-order valence-corrected chi connectivity index (χ1v) is 10.5. The first-order valence-electron chi connectivity index (χ1n) is 10.5. The highest BCUT2D eigenvalue weighted by molar-refractivity contribution is 6.02. The summed E-state index contributed by atoms with van der Waals surface area (Å²) in [5.74, 6) is -0.361. The molecule has 2 N–H and O–H groups in total. The third-order valence-corrected chi connectivity index (χ3v) is 6.12. The molecule has 1 aliphatic carbocycles. The number of benzene rings is 1. The van der Waals surface area contributed by atoms with Crippen molar-refractivity contribution in [3.05, 3.63) is 47.5 Å². The summed E-state index contributed by atoms with van der Waals surface area (Å²) in [5, 5.41) is 5.42. The van der Waals surface area contributed by atoms with Gasteiger partial charge in [0.15, 0.2) is 5.60 Å². The standard InChI is InChI=1S/C22H24FN5O3/c1-24-20(29)15-3-4-17(19(23)25-15)28-10-8-27(9-11-28)13-14-2-5-18-16(12-14)26-21(30)22(31-18)6-7-22/h2-5,12H,6-11,13H2,1H3,(H,24,29)(H,26,30). The number of piperazine rings is 1. The molecule has 1 saturated heterocycles. The van der Waals surface area contributed by atoms with Crippen molar-refractivity contribution in [2.24, 2.45) is 0 Å². The molecule has 162 valence electrons. The number of carbonyl (C=O) groups is 2. The molecule has 31 heavy (non-hydrogen) atoms. The Labute approximate surface area is 179 Å². The Bertz CT molecular complexity index is 1050. The van der Waals surface area contributed by atoms with E-state index in [-0.39, 0.29) is 11.6 Å². The molecule has 0 radical (unpaired) electrons. The van der Waals surface area contributed by atoms with Gasteiger partial charge in [0.25, 0.3) is 11.8 Å². The third-order valence-electron chi connectivity index (χ3n) is 6.12. The van der Waals surface area contributed by atoms with E-state index in [0.29, 0.717) is 18.8 Å². The predicted molar refractivity (Wildman–Crippen MR) is 113 cm³/mol. The largest absolute Gasteiger partial charge is 0.475 e. The normalized spacial score (nSPS) is 19.4. The Morgan fingerprint density at radius 2 is 2.00 bits per heavy atom. The molecule has 0 unspecified atom stereocenters. The number of carbonyl (C=O) groups excluding carboxylic acids is 2. The van der Waals surface area contributed by atoms with Crippen LogP contribution >= 0.6 is 0 Å². The lowest BCUT2D eigenvalue weighted by molar-refractivity contribution is -0.125. The van der Waals surface area contributed by atoms with Gasteiger partial charge in [-0.3, -0.25) is 14.5 Å². The molecule has 3 heterocycles. The van der Waals surface area contributed by atoms with Crippen LogP contribution < -0.4 is 20.3 Å². The number of amides is 2. The second kappa shape index (κ2) is 7.49. The highest BCUT2D eigenvalue weighted by Crippen LogP contribution is 2.46. The van der Waals surface area contributed by atoms with Gasteiger partial charge in [-0.25, -0.2) is 4.98 Å². The minimum atomic E-state index is -0.631. The average Bonchev–Trinajstić information content (AvgIpc) is 3.55. The van der Waals surface area contributed by atoms with Gasteiger partial charge in [-0.05, 0) is 29.8 Å². The van der Waals surface area contributed by atoms with Crippen molar-refractivity contribution in [3.63, 3.8) is 0 Å². The lowest BCUT2D eigenvalue weighted by Crippen LogP contribution is -2.46. The van der Waals surface area contributed by atoms with Crippen LogP contribution in [-0.4, -0.2) is 60.5 Å². The summed E-state index contributed by atoms with van der Waals surface area (Å²) < 4.78 is 20.3. The van der Waals surface area contributed by atoms with Gasteiger partial charge in [0, 0.05) is 52.6 Å². The van der Waals surface area contributed by atoms with Crippen molar-refractivity contribution >= 4 is 23.2 Å². The maximum atomic E-state index is 14.4. The maximum Gasteiger partial charge on any atom is 0.269 e. The number of ether oxygens (including phenoxy) is 1. The monoisotopic (exact) mass is 425 g/mol. The van der Waals surface area contributed by atoms with Crippen molar-refractivity contribution in [2.75, 3.05) is 43.4 Å². The van der Waals surface area contributed by atoms with Gasteiger partial charge in [0.2, 0.25) is 5.95 Å². The first-order chi connectivity index (χ1) is 15.0. The van der Waals surface area contributed by atoms with Crippen molar-refractivity contribution in [1.82, 2.24) is 15.2 Å². The SMILES string of the molecule is CNC(=O)c1ccc(N2CCN(Cc3ccc4c(c3)NC(=O)C3(CC3)O4)CC2)c(F)n1. The number of aromatic nitrogens is 1. The van der Waals surface area contributed by atoms with Gasteiger partial charge in [0.1, 0.15) is 11.4 Å². The summed E-state index contributed by atoms with van der Waals surface area (Å²) >= 11 is 0. The molecule has 1 spiro atoms. The van der Waals surface area contributed by atoms with Gasteiger partial charge in [-0.1, -0.05) is 6.07 Å². The molecule has 9 heteroatoms. The topological polar surface area (TPSA) is 86.8 Å². The van der Waals surface area contributed by atoms with Crippen LogP contribution in [0.5, 0.6) is 5.75 Å². The van der Waals surface area contributed by atoms with E-state index in [2.05, 4.69) is 20.5 Å². The van der Waals surface area contributed by atoms with Crippen LogP contribution in [0.15, 0.2) is 30.3 Å². The van der Waals surface area contributed by atoms with Crippen LogP contribution in [0.3, 0.4) is 0 Å². The molecular formula is C22H24FN5O3. The molecule has 0 atom stereocenters. The summed E-state index contributed by atoms with van der Waals surface area (Å²) in [6.45, 7) is 3.58. The Balaban J connectivity index is 1.20. The zero-order chi connectivity index (χ0) is 21.6. The second-order valence-electron chi connectivity index (χ2n) is 8.23. The van der Waals surface area contributed by atoms with E-state index in [0.717, 1.165) is 49.5 Å². The molecule has 1 saturated carbocycles. The maximum absolute atomic E-state index is 14.4. The predicted octanol–water partition coefficient (Wildman–Crippen LogP) is 1.77. The first kappa shape index (κ1) is 19.7. The van der Waals surface area contributed by atoms with Gasteiger partial charge < -0.3 is 20.3 Å². The van der Waals surface area contributed by atoms with Crippen LogP contribution in [0.25, 0.3) is 0 Å². The molecule has 2 aromatic rings. The number of anilines is 2. The summed E-state index contributed by atoms with van der Waals surface area (Å²) in [4.78, 5) is 31.8. The number of fused-ring (bicyclic) bond motifs is 1. The molecule has 5 rings (SSSR count). The number of pyridine rings is 1. The van der Waals surface area contributed by atoms with Crippen molar-refractivity contribution < 1.29 is 18.7 Å². The van der Waals surface area contributed by atoms with Crippen molar-refractivity contribution in [1.29, 1.82) is 0 Å². The number of hydrogen-bond acceptors (Lipinski definition) is 6. The molecule has 3 aliphatic rings. The number of rotatable bonds is 4. The van der Waals surface area contributed by atoms with E-state index in [1.807, 2.05) is 23.1 Å². The highest BCUT2D eigenvalue weighted by atomic mass is 19.1. The van der Waals surface area contributed by atoms with Gasteiger partial charge >= 0.3 is 0 Å². The van der Waals surface area contributed by atoms with E-state index < -0.39 is 17.5 Å². The molecule has 1 aromatic heterocycles. The number of halogens is 1. The van der Waals surface area contributed by atoms with E-state index in [1.54, 1.807) is 12.1 Å². The minimum absolute atomic E-state index is 0.0520. The van der Waals surface area contributed by atoms with Crippen LogP contribution in [0, 0.1) is 5.95 Å². The number of nitrogens with zero attached hydrogens (tertiary/aromatic N) is 3. The number of nitrogens with one attached hydrogen (secondary N) is 2. The summed E-state index contributed by atoms with van der Waals surface area (Å²) in [7, 11) is 1.49. The Hall–Kier alpha value is -3.20. The molecule has 8 nitrogen and oxygen atoms in total. The van der Waals surface area contributed by atoms with E-state index in [1.165, 1.54) is 7.05 Å². The smallest absolute Gasteiger partial charge is 0.269 e. The Morgan fingerprint density at radius 1 is 1.23 bits per heavy atom. The van der Waals surface area contributed by atoms with E-state index >= 15 is 0 Å². The fraction of sp³-hybridized carbons (Fsp3) is 0.409. The highest BCUT2D eigenvalue weighted by Gasteiger charge is 2.55. The average molecular weight is 425 g/mol. The van der Waals surface area contributed by atoms with Gasteiger partial charge in [-0.15, -0.1) is 0 Å². The molecular weight excluding hydrogens is 401 g/mol. The second-order valence-corrected chi connectivity index (χ2v) is 8.23. The van der Waals surface area contributed by atoms with E-state index in [9.17, 15) is 14.0 Å². The van der Waals surface area contributed by atoms with Crippen LogP contribution in [-0.2, 0) is 11.3 Å². The zero-order valence-corrected chi connectivity index (χ0v) is 17.3. The Morgan fingerprint density at radius 3 is 2.68 bits per heavy atom. The molecule has 2 aliphatic heterocycles. The Kier molecular flexibility index (Phi) is 4.77. The molecule has 2 fully saturated rings. The summed E-state index contributed by atoms with van der Waals surface area (Å²) in [6, 6.07) is 9.07. The van der Waals surface area contributed by atoms with Gasteiger partial charge in [0.05, 0.1) is 11.4 Å². The van der Waals surface area contributed by atoms with Gasteiger partial charge in [-0.2, -0.15) is 4.39 Å². The zero-order valence-electron chi connectivity index (χ0n) is 17.3. The summed E-state index contributed by atoms with van der Waals surface area (Å²) in [6.07, 6.45) is 1.55. The molecule has 2 amide bonds. The van der Waals surface area contributed by atoms with Crippen LogP contribution in [0.1, 0.15) is 28.9 Å². The van der Waals surface area contributed by atoms with Crippen molar-refractivity contribution in [2.45, 2.75) is 25.0 Å². The quantitative estimate of drug-likeness (QED) is 0.726. The molecule has 0 bridgehead atoms. The lowest BCUT2D eigenvalue weighted by atomic mass is 10.1.